The highest BCUT2D eigenvalue weighted by molar-refractivity contribution is 7.92. The molecule has 0 heterocycles. The zero-order valence-corrected chi connectivity index (χ0v) is 12.3. The third-order valence-corrected chi connectivity index (χ3v) is 4.36. The van der Waals surface area contributed by atoms with Crippen molar-refractivity contribution in [3.63, 3.8) is 0 Å². The molecular weight excluding hydrogens is 340 g/mol. The third-order valence-electron chi connectivity index (χ3n) is 2.65. The van der Waals surface area contributed by atoms with Crippen molar-refractivity contribution in [2.45, 2.75) is 4.90 Å². The second-order valence-corrected chi connectivity index (χ2v) is 6.27. The van der Waals surface area contributed by atoms with Gasteiger partial charge in [-0.3, -0.25) is 4.72 Å². The lowest BCUT2D eigenvalue weighted by molar-refractivity contribution is 0.0697. The molecule has 0 radical (unpaired) electrons. The molecule has 2 aromatic carbocycles. The average Bonchev–Trinajstić information content (AvgIpc) is 2.42. The second kappa shape index (κ2) is 5.90. The monoisotopic (exact) mass is 347 g/mol. The highest BCUT2D eigenvalue weighted by Crippen LogP contribution is 2.23. The minimum atomic E-state index is -4.18. The Morgan fingerprint density at radius 2 is 1.77 bits per heavy atom. The molecule has 0 saturated carbocycles. The predicted molar refractivity (Wildman–Crippen MR) is 75.6 cm³/mol. The van der Waals surface area contributed by atoms with Crippen LogP contribution in [0.4, 0.5) is 14.5 Å². The van der Waals surface area contributed by atoms with Crippen molar-refractivity contribution in [1.82, 2.24) is 0 Å². The lowest BCUT2D eigenvalue weighted by Crippen LogP contribution is -2.14. The van der Waals surface area contributed by atoms with E-state index in [-0.39, 0.29) is 15.6 Å². The van der Waals surface area contributed by atoms with E-state index in [0.717, 1.165) is 30.3 Å². The molecular formula is C13H8ClF2NO4S. The predicted octanol–water partition coefficient (Wildman–Crippen LogP) is 3.12. The topological polar surface area (TPSA) is 83.5 Å². The fourth-order valence-electron chi connectivity index (χ4n) is 1.61. The Bertz CT molecular complexity index is 855. The molecule has 0 atom stereocenters. The first-order valence-electron chi connectivity index (χ1n) is 5.71. The molecule has 0 bridgehead atoms. The Balaban J connectivity index is 2.40. The maximum atomic E-state index is 13.1. The van der Waals surface area contributed by atoms with Crippen LogP contribution in [0.25, 0.3) is 0 Å². The highest BCUT2D eigenvalue weighted by atomic mass is 35.5. The summed E-state index contributed by atoms with van der Waals surface area (Å²) in [6.07, 6.45) is 0. The fraction of sp³-hybridized carbons (Fsp3) is 0. The lowest BCUT2D eigenvalue weighted by Gasteiger charge is -2.09. The third kappa shape index (κ3) is 3.34. The van der Waals surface area contributed by atoms with E-state index in [9.17, 15) is 22.0 Å². The van der Waals surface area contributed by atoms with Gasteiger partial charge in [0.15, 0.2) is 11.6 Å². The summed E-state index contributed by atoms with van der Waals surface area (Å²) in [7, 11) is -4.18. The summed E-state index contributed by atoms with van der Waals surface area (Å²) in [5.41, 5.74) is -0.597. The van der Waals surface area contributed by atoms with Gasteiger partial charge in [0.05, 0.1) is 21.2 Å². The maximum Gasteiger partial charge on any atom is 0.337 e. The molecule has 0 aliphatic rings. The maximum absolute atomic E-state index is 13.1. The SMILES string of the molecule is O=C(O)c1cc(S(=O)(=O)Nc2ccc(F)c(F)c2)ccc1Cl. The molecule has 0 aliphatic heterocycles. The van der Waals surface area contributed by atoms with Crippen molar-refractivity contribution >= 4 is 33.3 Å². The van der Waals surface area contributed by atoms with Crippen LogP contribution in [-0.2, 0) is 10.0 Å². The van der Waals surface area contributed by atoms with Crippen molar-refractivity contribution in [3.8, 4) is 0 Å². The smallest absolute Gasteiger partial charge is 0.337 e. The molecule has 0 amide bonds. The zero-order valence-electron chi connectivity index (χ0n) is 10.7. The molecule has 0 aromatic heterocycles. The summed E-state index contributed by atoms with van der Waals surface area (Å²) in [5.74, 6) is -3.74. The molecule has 0 fully saturated rings. The fourth-order valence-corrected chi connectivity index (χ4v) is 2.88. The van der Waals surface area contributed by atoms with E-state index in [2.05, 4.69) is 0 Å². The van der Waals surface area contributed by atoms with E-state index < -0.39 is 33.2 Å². The van der Waals surface area contributed by atoms with E-state index in [1.165, 1.54) is 0 Å². The molecule has 2 N–H and O–H groups in total. The van der Waals surface area contributed by atoms with Crippen LogP contribution in [-0.4, -0.2) is 19.5 Å². The Morgan fingerprint density at radius 3 is 2.36 bits per heavy atom. The van der Waals surface area contributed by atoms with E-state index in [4.69, 9.17) is 16.7 Å². The van der Waals surface area contributed by atoms with E-state index in [1.807, 2.05) is 4.72 Å². The minimum Gasteiger partial charge on any atom is -0.478 e. The number of hydrogen-bond donors (Lipinski definition) is 2. The molecule has 5 nitrogen and oxygen atoms in total. The molecule has 22 heavy (non-hydrogen) atoms. The van der Waals surface area contributed by atoms with E-state index in [0.29, 0.717) is 6.07 Å². The Labute approximate surface area is 129 Å². The Kier molecular flexibility index (Phi) is 4.34. The number of aromatic carboxylic acids is 1. The second-order valence-electron chi connectivity index (χ2n) is 4.18. The summed E-state index contributed by atoms with van der Waals surface area (Å²) >= 11 is 5.65. The van der Waals surface area contributed by atoms with Crippen LogP contribution in [0.2, 0.25) is 5.02 Å². The highest BCUT2D eigenvalue weighted by Gasteiger charge is 2.19. The number of sulfonamides is 1. The van der Waals surface area contributed by atoms with Gasteiger partial charge in [0.1, 0.15) is 0 Å². The number of carboxylic acid groups (broad SMARTS) is 1. The number of carboxylic acids is 1. The molecule has 2 rings (SSSR count). The Morgan fingerprint density at radius 1 is 1.09 bits per heavy atom. The number of carbonyl (C=O) groups is 1. The summed E-state index contributed by atoms with van der Waals surface area (Å²) in [5, 5.41) is 8.80. The molecule has 0 spiro atoms. The number of anilines is 1. The zero-order chi connectivity index (χ0) is 16.5. The number of nitrogens with one attached hydrogen (secondary N) is 1. The van der Waals surface area contributed by atoms with Gasteiger partial charge in [-0.2, -0.15) is 0 Å². The summed E-state index contributed by atoms with van der Waals surface area (Å²) < 4.78 is 52.1. The molecule has 9 heteroatoms. The van der Waals surface area contributed by atoms with Crippen LogP contribution in [0, 0.1) is 11.6 Å². The first-order valence-corrected chi connectivity index (χ1v) is 7.57. The van der Waals surface area contributed by atoms with Crippen LogP contribution in [0.5, 0.6) is 0 Å². The van der Waals surface area contributed by atoms with Crippen molar-refractivity contribution in [2.24, 2.45) is 0 Å². The normalized spacial score (nSPS) is 11.2. The van der Waals surface area contributed by atoms with E-state index in [1.54, 1.807) is 0 Å². The van der Waals surface area contributed by atoms with Crippen molar-refractivity contribution in [3.05, 3.63) is 58.6 Å². The first-order chi connectivity index (χ1) is 10.2. The van der Waals surface area contributed by atoms with Gasteiger partial charge in [0.2, 0.25) is 0 Å². The number of rotatable bonds is 4. The standard InChI is InChI=1S/C13H8ClF2NO4S/c14-10-3-2-8(6-9(10)13(18)19)22(20,21)17-7-1-4-11(15)12(16)5-7/h1-6,17H,(H,18,19). The van der Waals surface area contributed by atoms with Gasteiger partial charge >= 0.3 is 5.97 Å². The lowest BCUT2D eigenvalue weighted by atomic mass is 10.2. The largest absolute Gasteiger partial charge is 0.478 e. The molecule has 0 aliphatic carbocycles. The van der Waals surface area contributed by atoms with Gasteiger partial charge in [-0.05, 0) is 30.3 Å². The van der Waals surface area contributed by atoms with Gasteiger partial charge < -0.3 is 5.11 Å². The van der Waals surface area contributed by atoms with Crippen LogP contribution in [0.15, 0.2) is 41.3 Å². The first kappa shape index (κ1) is 16.2. The molecule has 2 aromatic rings. The van der Waals surface area contributed by atoms with Crippen molar-refractivity contribution in [1.29, 1.82) is 0 Å². The number of hydrogen-bond acceptors (Lipinski definition) is 3. The van der Waals surface area contributed by atoms with Gasteiger partial charge in [-0.15, -0.1) is 0 Å². The summed E-state index contributed by atoms with van der Waals surface area (Å²) in [6, 6.07) is 5.54. The van der Waals surface area contributed by atoms with Crippen LogP contribution >= 0.6 is 11.6 Å². The van der Waals surface area contributed by atoms with Crippen LogP contribution in [0.1, 0.15) is 10.4 Å². The van der Waals surface area contributed by atoms with Crippen molar-refractivity contribution in [2.75, 3.05) is 4.72 Å². The molecule has 0 unspecified atom stereocenters. The van der Waals surface area contributed by atoms with E-state index >= 15 is 0 Å². The van der Waals surface area contributed by atoms with Gasteiger partial charge in [0.25, 0.3) is 10.0 Å². The van der Waals surface area contributed by atoms with Gasteiger partial charge in [-0.25, -0.2) is 22.0 Å². The van der Waals surface area contributed by atoms with Crippen LogP contribution < -0.4 is 4.72 Å². The number of halogens is 3. The van der Waals surface area contributed by atoms with Crippen LogP contribution in [0.3, 0.4) is 0 Å². The Hall–Kier alpha value is -2.19. The summed E-state index contributed by atoms with van der Waals surface area (Å²) in [6.45, 7) is 0. The number of benzene rings is 2. The molecule has 116 valence electrons. The molecule has 0 saturated heterocycles. The minimum absolute atomic E-state index is 0.126. The van der Waals surface area contributed by atoms with Gasteiger partial charge in [0, 0.05) is 6.07 Å². The van der Waals surface area contributed by atoms with Crippen molar-refractivity contribution < 1.29 is 27.1 Å². The summed E-state index contributed by atoms with van der Waals surface area (Å²) in [4.78, 5) is 10.6. The van der Waals surface area contributed by atoms with Gasteiger partial charge in [-0.1, -0.05) is 11.6 Å². The average molecular weight is 348 g/mol. The quantitative estimate of drug-likeness (QED) is 0.890.